The van der Waals surface area contributed by atoms with E-state index in [4.69, 9.17) is 16.3 Å². The van der Waals surface area contributed by atoms with E-state index in [1.54, 1.807) is 11.8 Å². The Kier molecular flexibility index (Phi) is 5.37. The minimum Gasteiger partial charge on any atom is -0.468 e. The highest BCUT2D eigenvalue weighted by Gasteiger charge is 2.29. The number of nitrogens with zero attached hydrogens (tertiary/aromatic N) is 2. The highest BCUT2D eigenvalue weighted by Crippen LogP contribution is 2.17. The summed E-state index contributed by atoms with van der Waals surface area (Å²) in [5.41, 5.74) is 0.0128. The molecule has 22 heavy (non-hydrogen) atoms. The maximum atomic E-state index is 13.8. The van der Waals surface area contributed by atoms with E-state index in [1.807, 2.05) is 4.90 Å². The summed E-state index contributed by atoms with van der Waals surface area (Å²) in [4.78, 5) is 27.4. The van der Waals surface area contributed by atoms with Gasteiger partial charge in [0.15, 0.2) is 0 Å². The fourth-order valence-corrected chi connectivity index (χ4v) is 2.62. The number of amides is 1. The molecule has 0 saturated carbocycles. The van der Waals surface area contributed by atoms with E-state index in [-0.39, 0.29) is 28.5 Å². The molecule has 0 unspecified atom stereocenters. The summed E-state index contributed by atoms with van der Waals surface area (Å²) in [5, 5.41) is 0.255. The summed E-state index contributed by atoms with van der Waals surface area (Å²) < 4.78 is 18.5. The van der Waals surface area contributed by atoms with E-state index in [9.17, 15) is 14.0 Å². The second-order valence-electron chi connectivity index (χ2n) is 5.15. The molecule has 0 aromatic heterocycles. The van der Waals surface area contributed by atoms with E-state index in [1.165, 1.54) is 19.2 Å². The number of methoxy groups -OCH3 is 1. The molecular formula is C15H18ClFN2O3. The van der Waals surface area contributed by atoms with Gasteiger partial charge in [-0.1, -0.05) is 11.6 Å². The first kappa shape index (κ1) is 16.7. The molecule has 1 fully saturated rings. The van der Waals surface area contributed by atoms with Crippen molar-refractivity contribution in [3.8, 4) is 0 Å². The Hall–Kier alpha value is -1.66. The lowest BCUT2D eigenvalue weighted by molar-refractivity contribution is -0.146. The van der Waals surface area contributed by atoms with E-state index < -0.39 is 5.82 Å². The third kappa shape index (κ3) is 3.56. The summed E-state index contributed by atoms with van der Waals surface area (Å²) in [5.74, 6) is -1.29. The number of carbonyl (C=O) groups is 2. The SMILES string of the molecule is COC(=O)[C@@H](C)N1CCN(C(=O)c2ccc(Cl)cc2F)CC1. The fraction of sp³-hybridized carbons (Fsp3) is 0.467. The first-order valence-electron chi connectivity index (χ1n) is 7.00. The van der Waals surface area contributed by atoms with Gasteiger partial charge in [-0.15, -0.1) is 0 Å². The Balaban J connectivity index is 1.99. The van der Waals surface area contributed by atoms with Crippen LogP contribution in [0.5, 0.6) is 0 Å². The molecule has 0 bridgehead atoms. The maximum Gasteiger partial charge on any atom is 0.322 e. The van der Waals surface area contributed by atoms with Gasteiger partial charge in [0.2, 0.25) is 0 Å². The van der Waals surface area contributed by atoms with Crippen molar-refractivity contribution in [1.82, 2.24) is 9.80 Å². The minimum absolute atomic E-state index is 0.0128. The third-order valence-corrected chi connectivity index (χ3v) is 4.09. The standard InChI is InChI=1S/C15H18ClFN2O3/c1-10(15(21)22-2)18-5-7-19(8-6-18)14(20)12-4-3-11(16)9-13(12)17/h3-4,9-10H,5-8H2,1-2H3/t10-/m1/s1. The lowest BCUT2D eigenvalue weighted by Crippen LogP contribution is -2.53. The zero-order chi connectivity index (χ0) is 16.3. The van der Waals surface area contributed by atoms with Gasteiger partial charge >= 0.3 is 5.97 Å². The predicted molar refractivity (Wildman–Crippen MR) is 80.4 cm³/mol. The Morgan fingerprint density at radius 2 is 1.91 bits per heavy atom. The van der Waals surface area contributed by atoms with Crippen molar-refractivity contribution in [2.75, 3.05) is 33.3 Å². The van der Waals surface area contributed by atoms with Gasteiger partial charge in [0.05, 0.1) is 12.7 Å². The first-order valence-corrected chi connectivity index (χ1v) is 7.38. The number of hydrogen-bond acceptors (Lipinski definition) is 4. The van der Waals surface area contributed by atoms with Crippen molar-refractivity contribution in [3.05, 3.63) is 34.6 Å². The van der Waals surface area contributed by atoms with Gasteiger partial charge in [0, 0.05) is 31.2 Å². The number of halogens is 2. The van der Waals surface area contributed by atoms with Gasteiger partial charge in [-0.05, 0) is 25.1 Å². The fourth-order valence-electron chi connectivity index (χ4n) is 2.47. The van der Waals surface area contributed by atoms with Crippen molar-refractivity contribution in [3.63, 3.8) is 0 Å². The number of carbonyl (C=O) groups excluding carboxylic acids is 2. The molecule has 1 atom stereocenters. The summed E-state index contributed by atoms with van der Waals surface area (Å²) in [6, 6.07) is 3.66. The lowest BCUT2D eigenvalue weighted by atomic mass is 10.1. The maximum absolute atomic E-state index is 13.8. The second kappa shape index (κ2) is 7.07. The minimum atomic E-state index is -0.622. The normalized spacial score (nSPS) is 17.2. The highest BCUT2D eigenvalue weighted by atomic mass is 35.5. The van der Waals surface area contributed by atoms with Crippen LogP contribution < -0.4 is 0 Å². The summed E-state index contributed by atoms with van der Waals surface area (Å²) >= 11 is 5.69. The van der Waals surface area contributed by atoms with Crippen molar-refractivity contribution in [1.29, 1.82) is 0 Å². The highest BCUT2D eigenvalue weighted by molar-refractivity contribution is 6.30. The molecule has 1 heterocycles. The molecule has 120 valence electrons. The average molecular weight is 329 g/mol. The Bertz CT molecular complexity index is 574. The molecule has 0 spiro atoms. The van der Waals surface area contributed by atoms with Crippen molar-refractivity contribution >= 4 is 23.5 Å². The Labute approximate surface area is 133 Å². The van der Waals surface area contributed by atoms with Crippen molar-refractivity contribution in [2.24, 2.45) is 0 Å². The molecule has 1 aromatic rings. The molecule has 1 aliphatic rings. The van der Waals surface area contributed by atoms with Crippen molar-refractivity contribution in [2.45, 2.75) is 13.0 Å². The molecule has 5 nitrogen and oxygen atoms in total. The van der Waals surface area contributed by atoms with Gasteiger partial charge in [0.1, 0.15) is 11.9 Å². The lowest BCUT2D eigenvalue weighted by Gasteiger charge is -2.37. The van der Waals surface area contributed by atoms with Crippen LogP contribution >= 0.6 is 11.6 Å². The third-order valence-electron chi connectivity index (χ3n) is 3.85. The Morgan fingerprint density at radius 3 is 2.45 bits per heavy atom. The van der Waals surface area contributed by atoms with E-state index in [0.717, 1.165) is 6.07 Å². The molecule has 0 N–H and O–H groups in total. The summed E-state index contributed by atoms with van der Waals surface area (Å²) in [6.45, 7) is 3.71. The number of ether oxygens (including phenoxy) is 1. The van der Waals surface area contributed by atoms with Gasteiger partial charge in [-0.25, -0.2) is 4.39 Å². The number of rotatable bonds is 3. The Morgan fingerprint density at radius 1 is 1.27 bits per heavy atom. The first-order chi connectivity index (χ1) is 10.4. The van der Waals surface area contributed by atoms with Crippen LogP contribution in [0, 0.1) is 5.82 Å². The molecule has 2 rings (SSSR count). The van der Waals surface area contributed by atoms with Crippen LogP contribution in [0.25, 0.3) is 0 Å². The zero-order valence-corrected chi connectivity index (χ0v) is 13.3. The molecule has 0 aliphatic carbocycles. The molecule has 7 heteroatoms. The molecule has 1 aliphatic heterocycles. The van der Waals surface area contributed by atoms with Crippen LogP contribution in [0.4, 0.5) is 4.39 Å². The van der Waals surface area contributed by atoms with E-state index in [0.29, 0.717) is 26.2 Å². The van der Waals surface area contributed by atoms with E-state index in [2.05, 4.69) is 0 Å². The van der Waals surface area contributed by atoms with Gasteiger partial charge in [0.25, 0.3) is 5.91 Å². The summed E-state index contributed by atoms with van der Waals surface area (Å²) in [6.07, 6.45) is 0. The van der Waals surface area contributed by atoms with Gasteiger partial charge in [-0.2, -0.15) is 0 Å². The molecule has 1 amide bonds. The second-order valence-corrected chi connectivity index (χ2v) is 5.59. The van der Waals surface area contributed by atoms with Crippen LogP contribution in [-0.2, 0) is 9.53 Å². The smallest absolute Gasteiger partial charge is 0.322 e. The molecular weight excluding hydrogens is 311 g/mol. The zero-order valence-electron chi connectivity index (χ0n) is 12.5. The van der Waals surface area contributed by atoms with Crippen LogP contribution in [0.15, 0.2) is 18.2 Å². The van der Waals surface area contributed by atoms with Crippen LogP contribution in [-0.4, -0.2) is 61.0 Å². The van der Waals surface area contributed by atoms with E-state index >= 15 is 0 Å². The average Bonchev–Trinajstić information content (AvgIpc) is 2.53. The number of hydrogen-bond donors (Lipinski definition) is 0. The van der Waals surface area contributed by atoms with Crippen molar-refractivity contribution < 1.29 is 18.7 Å². The largest absolute Gasteiger partial charge is 0.468 e. The van der Waals surface area contributed by atoms with Crippen LogP contribution in [0.1, 0.15) is 17.3 Å². The molecule has 0 radical (unpaired) electrons. The monoisotopic (exact) mass is 328 g/mol. The number of piperazine rings is 1. The van der Waals surface area contributed by atoms with Gasteiger partial charge < -0.3 is 9.64 Å². The van der Waals surface area contributed by atoms with Crippen LogP contribution in [0.3, 0.4) is 0 Å². The van der Waals surface area contributed by atoms with Crippen LogP contribution in [0.2, 0.25) is 5.02 Å². The predicted octanol–water partition coefficient (Wildman–Crippen LogP) is 1.80. The molecule has 1 aromatic carbocycles. The van der Waals surface area contributed by atoms with Gasteiger partial charge in [-0.3, -0.25) is 14.5 Å². The topological polar surface area (TPSA) is 49.9 Å². The number of esters is 1. The number of benzene rings is 1. The quantitative estimate of drug-likeness (QED) is 0.794. The summed E-state index contributed by atoms with van der Waals surface area (Å²) in [7, 11) is 1.35. The molecule has 1 saturated heterocycles.